The Bertz CT molecular complexity index is 1080. The van der Waals surface area contributed by atoms with Gasteiger partial charge >= 0.3 is 0 Å². The molecule has 0 N–H and O–H groups in total. The lowest BCUT2D eigenvalue weighted by atomic mass is 10.1. The van der Waals surface area contributed by atoms with E-state index in [-0.39, 0.29) is 11.8 Å². The van der Waals surface area contributed by atoms with Gasteiger partial charge in [-0.25, -0.2) is 8.78 Å². The Labute approximate surface area is 169 Å². The normalized spacial score (nSPS) is 11.0. The Hall–Kier alpha value is -3.68. The third-order valence-electron chi connectivity index (χ3n) is 4.12. The Morgan fingerprint density at radius 1 is 1.07 bits per heavy atom. The van der Waals surface area contributed by atoms with Gasteiger partial charge in [0.1, 0.15) is 12.4 Å². The number of halogens is 4. The maximum Gasteiger partial charge on any atom is 0.203 e. The van der Waals surface area contributed by atoms with Crippen LogP contribution in [0.2, 0.25) is 0 Å². The van der Waals surface area contributed by atoms with Crippen LogP contribution < -0.4 is 9.47 Å². The van der Waals surface area contributed by atoms with Crippen molar-refractivity contribution in [2.45, 2.75) is 6.61 Å². The van der Waals surface area contributed by atoms with Gasteiger partial charge in [-0.3, -0.25) is 9.78 Å². The van der Waals surface area contributed by atoms with Crippen molar-refractivity contribution in [3.05, 3.63) is 94.8 Å². The molecule has 0 aliphatic heterocycles. The molecule has 0 bridgehead atoms. The largest absolute Gasteiger partial charge is 0.496 e. The topological polar surface area (TPSA) is 48.4 Å². The minimum atomic E-state index is -1.63. The Morgan fingerprint density at radius 2 is 1.80 bits per heavy atom. The summed E-state index contributed by atoms with van der Waals surface area (Å²) in [5.74, 6) is -7.51. The molecule has 0 atom stereocenters. The van der Waals surface area contributed by atoms with Crippen LogP contribution in [-0.2, 0) is 6.61 Å². The van der Waals surface area contributed by atoms with Gasteiger partial charge in [0, 0.05) is 29.6 Å². The second-order valence-electron chi connectivity index (χ2n) is 6.10. The van der Waals surface area contributed by atoms with Gasteiger partial charge in [-0.05, 0) is 35.9 Å². The summed E-state index contributed by atoms with van der Waals surface area (Å²) in [4.78, 5) is 16.0. The van der Waals surface area contributed by atoms with Crippen molar-refractivity contribution in [2.75, 3.05) is 7.11 Å². The number of nitrogens with zero attached hydrogens (tertiary/aromatic N) is 1. The monoisotopic (exact) mass is 417 g/mol. The van der Waals surface area contributed by atoms with E-state index < -0.39 is 35.6 Å². The molecular weight excluding hydrogens is 402 g/mol. The molecule has 154 valence electrons. The molecule has 0 aliphatic rings. The van der Waals surface area contributed by atoms with Crippen molar-refractivity contribution in [3.63, 3.8) is 0 Å². The number of hydrogen-bond donors (Lipinski definition) is 0. The van der Waals surface area contributed by atoms with Gasteiger partial charge in [-0.1, -0.05) is 12.1 Å². The molecule has 3 rings (SSSR count). The highest BCUT2D eigenvalue weighted by Crippen LogP contribution is 2.29. The number of pyridine rings is 1. The number of ether oxygens (including phenoxy) is 2. The molecule has 0 amide bonds. The summed E-state index contributed by atoms with van der Waals surface area (Å²) in [7, 11) is 1.38. The van der Waals surface area contributed by atoms with Crippen LogP contribution in [0.25, 0.3) is 6.08 Å². The first-order valence-corrected chi connectivity index (χ1v) is 8.66. The van der Waals surface area contributed by atoms with E-state index in [9.17, 15) is 22.4 Å². The number of hydrogen-bond acceptors (Lipinski definition) is 4. The number of ketones is 1. The average molecular weight is 417 g/mol. The Kier molecular flexibility index (Phi) is 6.46. The molecule has 1 heterocycles. The zero-order valence-electron chi connectivity index (χ0n) is 15.7. The molecule has 0 aliphatic carbocycles. The molecule has 3 aromatic rings. The summed E-state index contributed by atoms with van der Waals surface area (Å²) in [5.41, 5.74) is 1.32. The standard InChI is InChI=1S/C22H15F4NO3/c1-29-19-7-5-13(4-6-18(28)14-3-2-8-27-11-14)9-15(19)12-30-22-20(25)16(23)10-17(24)21(22)26/h2-11H,12H2,1H3/b6-4+. The molecule has 0 radical (unpaired) electrons. The fraction of sp³-hybridized carbons (Fsp3) is 0.0909. The lowest BCUT2D eigenvalue weighted by Crippen LogP contribution is -2.05. The minimum absolute atomic E-state index is 0.1000. The maximum absolute atomic E-state index is 13.8. The van der Waals surface area contributed by atoms with Crippen LogP contribution in [0.15, 0.2) is 54.9 Å². The van der Waals surface area contributed by atoms with E-state index in [1.54, 1.807) is 36.5 Å². The van der Waals surface area contributed by atoms with E-state index in [1.807, 2.05) is 0 Å². The van der Waals surface area contributed by atoms with Gasteiger partial charge in [0.15, 0.2) is 23.2 Å². The first-order valence-electron chi connectivity index (χ1n) is 8.66. The highest BCUT2D eigenvalue weighted by atomic mass is 19.2. The fourth-order valence-corrected chi connectivity index (χ4v) is 2.62. The quantitative estimate of drug-likeness (QED) is 0.232. The second kappa shape index (κ2) is 9.21. The van der Waals surface area contributed by atoms with E-state index in [4.69, 9.17) is 9.47 Å². The Morgan fingerprint density at radius 3 is 2.43 bits per heavy atom. The predicted molar refractivity (Wildman–Crippen MR) is 101 cm³/mol. The molecule has 0 spiro atoms. The number of allylic oxidation sites excluding steroid dienone is 1. The van der Waals surface area contributed by atoms with Crippen molar-refractivity contribution in [2.24, 2.45) is 0 Å². The molecule has 0 unspecified atom stereocenters. The van der Waals surface area contributed by atoms with E-state index in [1.165, 1.54) is 25.5 Å². The van der Waals surface area contributed by atoms with Crippen molar-refractivity contribution >= 4 is 11.9 Å². The molecule has 4 nitrogen and oxygen atoms in total. The third kappa shape index (κ3) is 4.65. The van der Waals surface area contributed by atoms with Gasteiger partial charge in [-0.2, -0.15) is 8.78 Å². The van der Waals surface area contributed by atoms with Crippen LogP contribution in [0, 0.1) is 23.3 Å². The van der Waals surface area contributed by atoms with Gasteiger partial charge in [0.25, 0.3) is 0 Å². The Balaban J connectivity index is 1.82. The number of aromatic nitrogens is 1. The molecule has 1 aromatic heterocycles. The molecule has 0 saturated heterocycles. The number of benzene rings is 2. The number of rotatable bonds is 7. The summed E-state index contributed by atoms with van der Waals surface area (Å²) in [6.45, 7) is -0.432. The van der Waals surface area contributed by atoms with Gasteiger partial charge < -0.3 is 9.47 Å². The van der Waals surface area contributed by atoms with Crippen LogP contribution in [0.3, 0.4) is 0 Å². The van der Waals surface area contributed by atoms with Crippen LogP contribution in [0.4, 0.5) is 17.6 Å². The molecular formula is C22H15F4NO3. The average Bonchev–Trinajstić information content (AvgIpc) is 2.76. The zero-order valence-corrected chi connectivity index (χ0v) is 15.7. The van der Waals surface area contributed by atoms with Crippen molar-refractivity contribution < 1.29 is 31.8 Å². The molecule has 0 fully saturated rings. The summed E-state index contributed by atoms with van der Waals surface area (Å²) in [6.07, 6.45) is 5.85. The second-order valence-corrected chi connectivity index (χ2v) is 6.10. The van der Waals surface area contributed by atoms with Gasteiger partial charge in [-0.15, -0.1) is 0 Å². The van der Waals surface area contributed by atoms with E-state index in [0.29, 0.717) is 22.4 Å². The van der Waals surface area contributed by atoms with E-state index in [2.05, 4.69) is 4.98 Å². The first-order chi connectivity index (χ1) is 14.4. The van der Waals surface area contributed by atoms with Crippen molar-refractivity contribution in [1.82, 2.24) is 4.98 Å². The molecule has 30 heavy (non-hydrogen) atoms. The smallest absolute Gasteiger partial charge is 0.203 e. The maximum atomic E-state index is 13.8. The van der Waals surface area contributed by atoms with Crippen molar-refractivity contribution in [1.29, 1.82) is 0 Å². The molecule has 2 aromatic carbocycles. The van der Waals surface area contributed by atoms with Crippen LogP contribution in [0.1, 0.15) is 21.5 Å². The summed E-state index contributed by atoms with van der Waals surface area (Å²) in [6, 6.07) is 8.12. The lowest BCUT2D eigenvalue weighted by Gasteiger charge is -2.13. The lowest BCUT2D eigenvalue weighted by molar-refractivity contribution is 0.104. The third-order valence-corrected chi connectivity index (χ3v) is 4.12. The van der Waals surface area contributed by atoms with E-state index in [0.717, 1.165) is 0 Å². The zero-order chi connectivity index (χ0) is 21.7. The predicted octanol–water partition coefficient (Wildman–Crippen LogP) is 5.12. The summed E-state index contributed by atoms with van der Waals surface area (Å²) < 4.78 is 64.4. The number of methoxy groups -OCH3 is 1. The van der Waals surface area contributed by atoms with Crippen molar-refractivity contribution in [3.8, 4) is 11.5 Å². The molecule has 8 heteroatoms. The van der Waals surface area contributed by atoms with Crippen LogP contribution in [0.5, 0.6) is 11.5 Å². The first kappa shape index (κ1) is 21.0. The number of carbonyl (C=O) groups excluding carboxylic acids is 1. The van der Waals surface area contributed by atoms with Crippen LogP contribution in [-0.4, -0.2) is 17.9 Å². The number of carbonyl (C=O) groups is 1. The molecule has 0 saturated carbocycles. The SMILES string of the molecule is COc1ccc(/C=C/C(=O)c2cccnc2)cc1COc1c(F)c(F)cc(F)c1F. The highest BCUT2D eigenvalue weighted by molar-refractivity contribution is 6.06. The summed E-state index contributed by atoms with van der Waals surface area (Å²) >= 11 is 0. The van der Waals surface area contributed by atoms with Gasteiger partial charge in [0.05, 0.1) is 7.11 Å². The van der Waals surface area contributed by atoms with Gasteiger partial charge in [0.2, 0.25) is 11.6 Å². The fourth-order valence-electron chi connectivity index (χ4n) is 2.62. The highest BCUT2D eigenvalue weighted by Gasteiger charge is 2.21. The summed E-state index contributed by atoms with van der Waals surface area (Å²) in [5, 5.41) is 0. The van der Waals surface area contributed by atoms with E-state index >= 15 is 0 Å². The van der Waals surface area contributed by atoms with Crippen LogP contribution >= 0.6 is 0 Å². The minimum Gasteiger partial charge on any atom is -0.496 e.